The molecule has 19 heavy (non-hydrogen) atoms. The molecular formula is C15H15NO3. The molecule has 0 fully saturated rings. The van der Waals surface area contributed by atoms with Crippen LogP contribution in [-0.2, 0) is 6.42 Å². The van der Waals surface area contributed by atoms with Gasteiger partial charge in [-0.05, 0) is 30.5 Å². The highest BCUT2D eigenvalue weighted by Crippen LogP contribution is 2.21. The zero-order chi connectivity index (χ0) is 13.8. The zero-order valence-corrected chi connectivity index (χ0v) is 10.6. The summed E-state index contributed by atoms with van der Waals surface area (Å²) in [6, 6.07) is 9.29. The molecule has 1 aromatic heterocycles. The van der Waals surface area contributed by atoms with Crippen LogP contribution < -0.4 is 0 Å². The van der Waals surface area contributed by atoms with E-state index in [1.54, 1.807) is 19.2 Å². The van der Waals surface area contributed by atoms with E-state index in [0.717, 1.165) is 16.7 Å². The summed E-state index contributed by atoms with van der Waals surface area (Å²) in [5.74, 6) is -0.969. The number of carbonyl (C=O) groups is 1. The fraction of sp³-hybridized carbons (Fsp3) is 0.200. The van der Waals surface area contributed by atoms with Gasteiger partial charge in [-0.15, -0.1) is 0 Å². The summed E-state index contributed by atoms with van der Waals surface area (Å²) in [7, 11) is 0. The van der Waals surface area contributed by atoms with Crippen LogP contribution in [0.1, 0.15) is 21.6 Å². The molecule has 0 saturated heterocycles. The van der Waals surface area contributed by atoms with Crippen molar-refractivity contribution in [1.29, 1.82) is 0 Å². The SMILES string of the molecule is Cc1ncc(-c2ccc(CCO)cc2)cc1C(=O)O. The first-order valence-corrected chi connectivity index (χ1v) is 6.02. The van der Waals surface area contributed by atoms with E-state index in [1.165, 1.54) is 0 Å². The summed E-state index contributed by atoms with van der Waals surface area (Å²) in [6.45, 7) is 1.80. The molecule has 0 aliphatic carbocycles. The number of aryl methyl sites for hydroxylation is 1. The molecule has 98 valence electrons. The summed E-state index contributed by atoms with van der Waals surface area (Å²) >= 11 is 0. The molecular weight excluding hydrogens is 242 g/mol. The Bertz CT molecular complexity index is 591. The predicted molar refractivity (Wildman–Crippen MR) is 72.2 cm³/mol. The number of hydrogen-bond acceptors (Lipinski definition) is 3. The maximum Gasteiger partial charge on any atom is 0.337 e. The van der Waals surface area contributed by atoms with Gasteiger partial charge in [0.25, 0.3) is 0 Å². The fourth-order valence-corrected chi connectivity index (χ4v) is 1.90. The van der Waals surface area contributed by atoms with Gasteiger partial charge in [-0.3, -0.25) is 4.98 Å². The number of aromatic nitrogens is 1. The molecule has 1 heterocycles. The lowest BCUT2D eigenvalue weighted by Crippen LogP contribution is -2.02. The molecule has 0 atom stereocenters. The zero-order valence-electron chi connectivity index (χ0n) is 10.6. The van der Waals surface area contributed by atoms with Crippen LogP contribution in [0.4, 0.5) is 0 Å². The number of nitrogens with zero attached hydrogens (tertiary/aromatic N) is 1. The van der Waals surface area contributed by atoms with E-state index >= 15 is 0 Å². The van der Waals surface area contributed by atoms with E-state index < -0.39 is 5.97 Å². The average molecular weight is 257 g/mol. The van der Waals surface area contributed by atoms with E-state index in [1.807, 2.05) is 24.3 Å². The third kappa shape index (κ3) is 2.98. The normalized spacial score (nSPS) is 10.4. The Labute approximate surface area is 111 Å². The molecule has 0 aliphatic heterocycles. The van der Waals surface area contributed by atoms with Gasteiger partial charge in [0.05, 0.1) is 11.3 Å². The Hall–Kier alpha value is -2.20. The number of carboxylic acid groups (broad SMARTS) is 1. The van der Waals surface area contributed by atoms with Gasteiger partial charge < -0.3 is 10.2 Å². The van der Waals surface area contributed by atoms with Crippen molar-refractivity contribution in [3.63, 3.8) is 0 Å². The molecule has 2 N–H and O–H groups in total. The van der Waals surface area contributed by atoms with E-state index in [2.05, 4.69) is 4.98 Å². The highest BCUT2D eigenvalue weighted by Gasteiger charge is 2.10. The molecule has 0 amide bonds. The second-order valence-electron chi connectivity index (χ2n) is 4.33. The van der Waals surface area contributed by atoms with Crippen molar-refractivity contribution in [2.45, 2.75) is 13.3 Å². The lowest BCUT2D eigenvalue weighted by atomic mass is 10.0. The van der Waals surface area contributed by atoms with Gasteiger partial charge in [0.15, 0.2) is 0 Å². The number of pyridine rings is 1. The lowest BCUT2D eigenvalue weighted by molar-refractivity contribution is 0.0695. The molecule has 2 rings (SSSR count). The van der Waals surface area contributed by atoms with E-state index in [4.69, 9.17) is 10.2 Å². The lowest BCUT2D eigenvalue weighted by Gasteiger charge is -2.06. The second kappa shape index (κ2) is 5.63. The summed E-state index contributed by atoms with van der Waals surface area (Å²) in [5.41, 5.74) is 3.46. The number of rotatable bonds is 4. The minimum absolute atomic E-state index is 0.120. The van der Waals surface area contributed by atoms with Crippen LogP contribution in [0.5, 0.6) is 0 Å². The molecule has 0 spiro atoms. The number of benzene rings is 1. The minimum atomic E-state index is -0.969. The number of hydrogen-bond donors (Lipinski definition) is 2. The van der Waals surface area contributed by atoms with Crippen LogP contribution in [-0.4, -0.2) is 27.8 Å². The molecule has 4 nitrogen and oxygen atoms in total. The average Bonchev–Trinajstić information content (AvgIpc) is 2.40. The van der Waals surface area contributed by atoms with Crippen LogP contribution >= 0.6 is 0 Å². The van der Waals surface area contributed by atoms with Crippen LogP contribution in [0.3, 0.4) is 0 Å². The van der Waals surface area contributed by atoms with Crippen LogP contribution in [0.2, 0.25) is 0 Å². The monoisotopic (exact) mass is 257 g/mol. The van der Waals surface area contributed by atoms with Gasteiger partial charge in [-0.25, -0.2) is 4.79 Å². The van der Waals surface area contributed by atoms with E-state index in [0.29, 0.717) is 12.1 Å². The van der Waals surface area contributed by atoms with Crippen LogP contribution in [0, 0.1) is 6.92 Å². The molecule has 0 unspecified atom stereocenters. The largest absolute Gasteiger partial charge is 0.478 e. The van der Waals surface area contributed by atoms with Crippen LogP contribution in [0.25, 0.3) is 11.1 Å². The highest BCUT2D eigenvalue weighted by molar-refractivity contribution is 5.90. The van der Waals surface area contributed by atoms with Gasteiger partial charge in [0.1, 0.15) is 0 Å². The molecule has 0 bridgehead atoms. The molecule has 0 saturated carbocycles. The molecule has 0 radical (unpaired) electrons. The van der Waals surface area contributed by atoms with E-state index in [-0.39, 0.29) is 12.2 Å². The number of aromatic carboxylic acids is 1. The topological polar surface area (TPSA) is 70.4 Å². The quantitative estimate of drug-likeness (QED) is 0.881. The minimum Gasteiger partial charge on any atom is -0.478 e. The number of aliphatic hydroxyl groups excluding tert-OH is 1. The number of aliphatic hydroxyl groups is 1. The first-order chi connectivity index (χ1) is 9.11. The summed E-state index contributed by atoms with van der Waals surface area (Å²) in [5, 5.41) is 17.9. The van der Waals surface area contributed by atoms with Crippen molar-refractivity contribution in [1.82, 2.24) is 4.98 Å². The van der Waals surface area contributed by atoms with Crippen molar-refractivity contribution in [2.75, 3.05) is 6.61 Å². The predicted octanol–water partition coefficient (Wildman–Crippen LogP) is 2.29. The summed E-state index contributed by atoms with van der Waals surface area (Å²) in [6.07, 6.45) is 2.29. The summed E-state index contributed by atoms with van der Waals surface area (Å²) in [4.78, 5) is 15.2. The van der Waals surface area contributed by atoms with Crippen molar-refractivity contribution in [3.8, 4) is 11.1 Å². The van der Waals surface area contributed by atoms with Crippen molar-refractivity contribution in [3.05, 3.63) is 53.3 Å². The third-order valence-corrected chi connectivity index (χ3v) is 3.01. The Balaban J connectivity index is 2.36. The Morgan fingerprint density at radius 3 is 2.47 bits per heavy atom. The van der Waals surface area contributed by atoms with E-state index in [9.17, 15) is 4.79 Å². The number of carboxylic acids is 1. The van der Waals surface area contributed by atoms with Gasteiger partial charge >= 0.3 is 5.97 Å². The first-order valence-electron chi connectivity index (χ1n) is 6.02. The Morgan fingerprint density at radius 2 is 1.89 bits per heavy atom. The summed E-state index contributed by atoms with van der Waals surface area (Å²) < 4.78 is 0. The maximum absolute atomic E-state index is 11.1. The van der Waals surface area contributed by atoms with Crippen molar-refractivity contribution in [2.24, 2.45) is 0 Å². The Morgan fingerprint density at radius 1 is 1.21 bits per heavy atom. The van der Waals surface area contributed by atoms with Crippen molar-refractivity contribution >= 4 is 5.97 Å². The molecule has 0 aliphatic rings. The van der Waals surface area contributed by atoms with Gasteiger partial charge in [0.2, 0.25) is 0 Å². The standard InChI is InChI=1S/C15H15NO3/c1-10-14(15(18)19)8-13(9-16-10)12-4-2-11(3-5-12)6-7-17/h2-5,8-9,17H,6-7H2,1H3,(H,18,19). The third-order valence-electron chi connectivity index (χ3n) is 3.01. The maximum atomic E-state index is 11.1. The van der Waals surface area contributed by atoms with Gasteiger partial charge in [0, 0.05) is 18.4 Å². The Kier molecular flexibility index (Phi) is 3.92. The molecule has 4 heteroatoms. The smallest absolute Gasteiger partial charge is 0.337 e. The second-order valence-corrected chi connectivity index (χ2v) is 4.33. The first kappa shape index (κ1) is 13.2. The van der Waals surface area contributed by atoms with Crippen molar-refractivity contribution < 1.29 is 15.0 Å². The fourth-order valence-electron chi connectivity index (χ4n) is 1.90. The van der Waals surface area contributed by atoms with Gasteiger partial charge in [-0.2, -0.15) is 0 Å². The molecule has 1 aromatic carbocycles. The molecule has 2 aromatic rings. The van der Waals surface area contributed by atoms with Gasteiger partial charge in [-0.1, -0.05) is 24.3 Å². The highest BCUT2D eigenvalue weighted by atomic mass is 16.4. The van der Waals surface area contributed by atoms with Crippen LogP contribution in [0.15, 0.2) is 36.5 Å².